The van der Waals surface area contributed by atoms with Crippen LogP contribution in [0.5, 0.6) is 5.75 Å². The van der Waals surface area contributed by atoms with Crippen LogP contribution in [0, 0.1) is 18.6 Å². The number of benzene rings is 10. The lowest BCUT2D eigenvalue weighted by Gasteiger charge is -2.50. The number of H-pyrrole nitrogens is 2. The number of phenolic OH excluding ortho intramolecular Hbond substituents is 1. The van der Waals surface area contributed by atoms with E-state index in [2.05, 4.69) is 335 Å². The van der Waals surface area contributed by atoms with Crippen molar-refractivity contribution in [3.05, 3.63) is 348 Å². The molecule has 1 unspecified atom stereocenters. The number of aromatic nitrogens is 2. The molecule has 0 saturated heterocycles. The number of nitrogens with zero attached hydrogens (tertiary/aromatic N) is 5. The van der Waals surface area contributed by atoms with Crippen LogP contribution in [0.15, 0.2) is 249 Å². The Morgan fingerprint density at radius 1 is 0.329 bits per heavy atom. The molecule has 730 valence electrons. The summed E-state index contributed by atoms with van der Waals surface area (Å²) in [5.74, 6) is 3.31. The van der Waals surface area contributed by atoms with Crippen LogP contribution in [0.2, 0.25) is 0 Å². The van der Waals surface area contributed by atoms with Crippen molar-refractivity contribution in [1.29, 1.82) is 0 Å². The largest absolute Gasteiger partial charge is 0.508 e. The third-order valence-electron chi connectivity index (χ3n) is 35.5. The van der Waals surface area contributed by atoms with Crippen LogP contribution in [0.3, 0.4) is 0 Å². The lowest BCUT2D eigenvalue weighted by Crippen LogP contribution is -2.50. The van der Waals surface area contributed by atoms with Crippen LogP contribution in [0.4, 0.5) is 8.78 Å². The highest BCUT2D eigenvalue weighted by Crippen LogP contribution is 2.64. The van der Waals surface area contributed by atoms with E-state index in [1.54, 1.807) is 45.1 Å². The van der Waals surface area contributed by atoms with Gasteiger partial charge < -0.3 is 24.5 Å². The minimum atomic E-state index is -0.788. The van der Waals surface area contributed by atoms with E-state index in [1.165, 1.54) is 166 Å². The molecule has 11 nitrogen and oxygen atoms in total. The van der Waals surface area contributed by atoms with Gasteiger partial charge in [0, 0.05) is 94.8 Å². The first kappa shape index (κ1) is 97.5. The Morgan fingerprint density at radius 2 is 0.657 bits per heavy atom. The lowest BCUT2D eigenvalue weighted by molar-refractivity contribution is -0.113. The number of phenols is 1. The third kappa shape index (κ3) is 17.1. The van der Waals surface area contributed by atoms with Gasteiger partial charge in [-0.15, -0.1) is 57.5 Å². The van der Waals surface area contributed by atoms with Crippen LogP contribution in [0.25, 0.3) is 52.1 Å². The first-order chi connectivity index (χ1) is 67.7. The highest BCUT2D eigenvalue weighted by Gasteiger charge is 2.57. The van der Waals surface area contributed by atoms with E-state index in [-0.39, 0.29) is 60.0 Å². The number of aryl methyl sites for hydroxylation is 4. The maximum atomic E-state index is 13.8. The van der Waals surface area contributed by atoms with E-state index >= 15 is 0 Å². The molecule has 3 N–H and O–H groups in total. The van der Waals surface area contributed by atoms with E-state index in [0.717, 1.165) is 143 Å². The number of nitrogens with one attached hydrogen (secondary N) is 2. The maximum Gasteiger partial charge on any atom is 0.123 e. The Morgan fingerprint density at radius 3 is 1.06 bits per heavy atom. The first-order valence-electron chi connectivity index (χ1n) is 51.2. The van der Waals surface area contributed by atoms with Crippen molar-refractivity contribution in [3.8, 4) is 5.75 Å². The smallest absolute Gasteiger partial charge is 0.123 e. The maximum absolute atomic E-state index is 13.8. The van der Waals surface area contributed by atoms with E-state index in [0.29, 0.717) is 17.1 Å². The van der Waals surface area contributed by atoms with E-state index in [9.17, 15) is 18.1 Å². The van der Waals surface area contributed by atoms with Gasteiger partial charge in [-0.1, -0.05) is 188 Å². The van der Waals surface area contributed by atoms with Gasteiger partial charge in [-0.3, -0.25) is 28.7 Å². The van der Waals surface area contributed by atoms with Crippen LogP contribution < -0.4 is 0 Å². The van der Waals surface area contributed by atoms with Crippen molar-refractivity contribution in [2.24, 2.45) is 0 Å². The van der Waals surface area contributed by atoms with E-state index in [4.69, 9.17) is 9.47 Å². The lowest BCUT2D eigenvalue weighted by atomic mass is 9.68. The molecule has 5 aliphatic carbocycles. The van der Waals surface area contributed by atoms with Gasteiger partial charge in [-0.05, 0) is 388 Å². The molecule has 1 atom stereocenters. The minimum absolute atomic E-state index is 0.00774. The molecule has 25 rings (SSSR count). The molecule has 5 aromatic heterocycles. The second-order valence-electron chi connectivity index (χ2n) is 42.9. The number of thioether (sulfide) groups is 2. The van der Waals surface area contributed by atoms with Crippen molar-refractivity contribution >= 4 is 120 Å². The Bertz CT molecular complexity index is 6790. The Balaban J connectivity index is 0.000000104. The van der Waals surface area contributed by atoms with Crippen molar-refractivity contribution in [2.75, 3.05) is 101 Å². The second-order valence-corrected chi connectivity index (χ2v) is 50.9. The van der Waals surface area contributed by atoms with Gasteiger partial charge in [-0.25, -0.2) is 8.78 Å². The zero-order valence-corrected chi connectivity index (χ0v) is 88.4. The summed E-state index contributed by atoms with van der Waals surface area (Å²) in [6.07, 6.45) is 27.0. The summed E-state index contributed by atoms with van der Waals surface area (Å²) in [6, 6.07) is 86.6. The summed E-state index contributed by atoms with van der Waals surface area (Å²) in [6.45, 7) is 3.60. The molecule has 140 heavy (non-hydrogen) atoms. The number of hydrogen-bond donors (Lipinski definition) is 3. The average Bonchev–Trinajstić information content (AvgIpc) is 1.69. The number of fused-ring (bicyclic) bond motifs is 20. The predicted molar refractivity (Wildman–Crippen MR) is 587 cm³/mol. The monoisotopic (exact) mass is 1980 g/mol. The zero-order valence-electron chi connectivity index (χ0n) is 83.5. The summed E-state index contributed by atoms with van der Waals surface area (Å²) in [7, 11) is 21.3. The molecule has 10 aromatic carbocycles. The van der Waals surface area contributed by atoms with Gasteiger partial charge in [-0.2, -0.15) is 0 Å². The quantitative estimate of drug-likeness (QED) is 0.122. The fourth-order valence-corrected chi connectivity index (χ4v) is 37.1. The van der Waals surface area contributed by atoms with Gasteiger partial charge in [0.2, 0.25) is 0 Å². The molecule has 10 heterocycles. The molecular formula is C121H137F2N7O4S6. The highest BCUT2D eigenvalue weighted by molar-refractivity contribution is 8.00. The van der Waals surface area contributed by atoms with Gasteiger partial charge in [0.05, 0.1) is 38.8 Å². The van der Waals surface area contributed by atoms with Crippen LogP contribution in [-0.4, -0.2) is 145 Å². The van der Waals surface area contributed by atoms with Crippen molar-refractivity contribution in [2.45, 2.75) is 221 Å². The van der Waals surface area contributed by atoms with Gasteiger partial charge in [0.15, 0.2) is 0 Å². The van der Waals surface area contributed by atoms with Crippen molar-refractivity contribution in [3.63, 3.8) is 0 Å². The summed E-state index contributed by atoms with van der Waals surface area (Å²) < 4.78 is 58.5. The molecule has 0 bridgehead atoms. The SMILES string of the molecule is CN(C)C1(c2ccc(F)cc2)CCC2(CC1)SCCc1c2sc2ccccc12.CN(C)C1(c2ccccc2)CCC2(CC1)OCCc1c2[nH]c2ccc(F)cc12.CN(C)C1(c2ccccc2)CCC2(CC1)OCCc1c2[nH]c2ccc(O)cc12.CN(C)C1(c2ccccc2)CCC2(CC1)SCCc1c2sc2ccccc12.Cc1ccc(C2(N(C)C)CCC3(CC2)c2sc4ccccc4c2CCS3=O)cc1. The number of thiophene rings is 3. The average molecular weight is 1980 g/mol. The fourth-order valence-electron chi connectivity index (χ4n) is 27.2. The second kappa shape index (κ2) is 39.1. The number of rotatable bonds is 10. The van der Waals surface area contributed by atoms with Gasteiger partial charge in [0.1, 0.15) is 28.6 Å². The molecule has 5 saturated carbocycles. The molecular weight excluding hydrogens is 1850 g/mol. The topological polar surface area (TPSA) is 104 Å². The van der Waals surface area contributed by atoms with Crippen LogP contribution in [-0.2, 0) is 106 Å². The standard InChI is InChI=1S/C25H29NOS2.C24H27FN2O.C24H26FNS2.C24H28N2O2.C24H27NS2/c1-18-8-10-19(11-9-18)24(26(2)3)13-15-25(16-14-24)23-21(12-17-29(25)27)20-6-4-5-7-22(20)28-23;1-27(2)23(17-6-4-3-5-7-17)11-13-24(14-12-23)22-19(10-15-28-24)20-16-18(25)8-9-21(20)26-22;1-26(2)23(17-7-9-18(25)10-8-17)12-14-24(15-13-23)22-20(11-16-27-24)19-5-3-4-6-21(19)28-22;1-26(2)23(17-6-4-3-5-7-17)11-13-24(14-12-23)22-19(10-15-28-24)20-16-18(27)8-9-21(20)25-22;1-25(2)23(18-8-4-3-5-9-18)13-15-24(16-14-23)22-20(12-17-26-24)19-10-6-7-11-21(19)27-22/h4-11H,12-17H2,1-3H3;3-9,16,26H,10-15H2,1-2H3;3-10H,11-16H2,1-2H3;3-9,16,25,27H,10-15H2,1-2H3;3-11H,12-17H2,1-2H3. The third-order valence-corrected chi connectivity index (χ3v) is 45.4. The summed E-state index contributed by atoms with van der Waals surface area (Å²) >= 11 is 10.4. The number of halogens is 2. The highest BCUT2D eigenvalue weighted by atomic mass is 32.2. The summed E-state index contributed by atoms with van der Waals surface area (Å²) in [4.78, 5) is 24.0. The van der Waals surface area contributed by atoms with Crippen LogP contribution in [0.1, 0.15) is 216 Å². The minimum Gasteiger partial charge on any atom is -0.508 e. The predicted octanol–water partition coefficient (Wildman–Crippen LogP) is 28.5. The number of hydrogen-bond acceptors (Lipinski definition) is 14. The van der Waals surface area contributed by atoms with Gasteiger partial charge in [0.25, 0.3) is 0 Å². The summed E-state index contributed by atoms with van der Waals surface area (Å²) in [5.41, 5.74) is 19.9. The Labute approximate surface area is 850 Å². The number of aromatic amines is 2. The molecule has 10 aliphatic rings. The van der Waals surface area contributed by atoms with Crippen molar-refractivity contribution < 1.29 is 27.6 Å². The number of ether oxygens (including phenoxy) is 2. The normalized spacial score (nSPS) is 27.9. The number of aromatic hydroxyl groups is 1. The van der Waals surface area contributed by atoms with E-state index < -0.39 is 10.8 Å². The molecule has 0 radical (unpaired) electrons. The Kier molecular flexibility index (Phi) is 27.2. The van der Waals surface area contributed by atoms with Crippen molar-refractivity contribution in [1.82, 2.24) is 34.5 Å². The van der Waals surface area contributed by atoms with E-state index in [1.807, 2.05) is 53.0 Å². The molecule has 5 aliphatic heterocycles. The Hall–Kier alpha value is -8.61. The summed E-state index contributed by atoms with van der Waals surface area (Å²) in [5, 5.41) is 16.5. The molecule has 5 fully saturated rings. The molecule has 5 spiro atoms. The van der Waals surface area contributed by atoms with Crippen LogP contribution >= 0.6 is 57.5 Å². The zero-order chi connectivity index (χ0) is 96.8. The molecule has 15 aromatic rings. The first-order valence-corrected chi connectivity index (χ1v) is 57.0. The van der Waals surface area contributed by atoms with Gasteiger partial charge >= 0.3 is 0 Å². The molecule has 0 amide bonds. The fraction of sp³-hybridized carbons (Fsp3) is 0.421. The molecule has 19 heteroatoms.